The van der Waals surface area contributed by atoms with Crippen molar-refractivity contribution < 1.29 is 13.2 Å². The quantitative estimate of drug-likeness (QED) is 0.606. The Bertz CT molecular complexity index is 1070. The molecule has 32 heavy (non-hydrogen) atoms. The summed E-state index contributed by atoms with van der Waals surface area (Å²) in [4.78, 5) is 15.1. The average Bonchev–Trinajstić information content (AvgIpc) is 2.69. The fraction of sp³-hybridized carbons (Fsp3) is 0.435. The number of nitrogens with one attached hydrogen (secondary N) is 2. The number of amides is 1. The molecule has 0 aliphatic carbocycles. The van der Waals surface area contributed by atoms with Crippen LogP contribution in [-0.2, 0) is 10.0 Å². The van der Waals surface area contributed by atoms with Crippen molar-refractivity contribution in [2.75, 3.05) is 25.5 Å². The molecule has 6 nitrogen and oxygen atoms in total. The van der Waals surface area contributed by atoms with E-state index in [-0.39, 0.29) is 29.3 Å². The number of likely N-dealkylation sites (tertiary alicyclic amines) is 1. The first-order valence-electron chi connectivity index (χ1n) is 10.5. The Balaban J connectivity index is 0.00000363. The van der Waals surface area contributed by atoms with Crippen molar-refractivity contribution in [3.63, 3.8) is 0 Å². The third-order valence-electron chi connectivity index (χ3n) is 6.00. The Kier molecular flexibility index (Phi) is 9.14. The van der Waals surface area contributed by atoms with Gasteiger partial charge in [0.2, 0.25) is 10.0 Å². The van der Waals surface area contributed by atoms with E-state index >= 15 is 0 Å². The van der Waals surface area contributed by atoms with Gasteiger partial charge in [0.1, 0.15) is 0 Å². The van der Waals surface area contributed by atoms with Crippen LogP contribution in [0, 0.1) is 19.8 Å². The van der Waals surface area contributed by atoms with Gasteiger partial charge in [-0.2, -0.15) is 0 Å². The number of sulfonamides is 1. The molecule has 1 saturated heterocycles. The Labute approximate surface area is 202 Å². The van der Waals surface area contributed by atoms with E-state index in [1.54, 1.807) is 37.3 Å². The highest BCUT2D eigenvalue weighted by Gasteiger charge is 2.26. The lowest BCUT2D eigenvalue weighted by atomic mass is 9.91. The number of aryl methyl sites for hydroxylation is 2. The molecule has 176 valence electrons. The third kappa shape index (κ3) is 6.45. The zero-order valence-electron chi connectivity index (χ0n) is 18.8. The van der Waals surface area contributed by atoms with Crippen LogP contribution < -0.4 is 10.0 Å². The monoisotopic (exact) mass is 499 g/mol. The van der Waals surface area contributed by atoms with E-state index in [4.69, 9.17) is 11.6 Å². The van der Waals surface area contributed by atoms with Gasteiger partial charge in [-0.05, 0) is 107 Å². The number of piperidine rings is 1. The van der Waals surface area contributed by atoms with E-state index < -0.39 is 10.0 Å². The maximum Gasteiger partial charge on any atom is 0.255 e. The molecular weight excluding hydrogens is 469 g/mol. The van der Waals surface area contributed by atoms with Crippen molar-refractivity contribution in [2.45, 2.75) is 44.6 Å². The zero-order valence-corrected chi connectivity index (χ0v) is 21.2. The molecule has 1 aliphatic heterocycles. The van der Waals surface area contributed by atoms with Gasteiger partial charge in [-0.1, -0.05) is 11.6 Å². The number of halogens is 2. The predicted molar refractivity (Wildman–Crippen MR) is 133 cm³/mol. The van der Waals surface area contributed by atoms with Gasteiger partial charge in [-0.25, -0.2) is 13.1 Å². The molecule has 1 aliphatic rings. The summed E-state index contributed by atoms with van der Waals surface area (Å²) < 4.78 is 28.7. The summed E-state index contributed by atoms with van der Waals surface area (Å²) in [6, 6.07) is 9.70. The Morgan fingerprint density at radius 1 is 1.09 bits per heavy atom. The van der Waals surface area contributed by atoms with Crippen molar-refractivity contribution in [1.82, 2.24) is 9.62 Å². The molecule has 0 saturated carbocycles. The number of anilines is 1. The smallest absolute Gasteiger partial charge is 0.255 e. The van der Waals surface area contributed by atoms with E-state index in [0.717, 1.165) is 31.5 Å². The van der Waals surface area contributed by atoms with E-state index in [0.29, 0.717) is 27.8 Å². The normalized spacial score (nSPS) is 16.3. The third-order valence-corrected chi connectivity index (χ3v) is 7.79. The summed E-state index contributed by atoms with van der Waals surface area (Å²) in [5, 5.41) is 3.43. The fourth-order valence-electron chi connectivity index (χ4n) is 3.95. The van der Waals surface area contributed by atoms with Crippen LogP contribution in [0.3, 0.4) is 0 Å². The van der Waals surface area contributed by atoms with Crippen molar-refractivity contribution >= 4 is 45.6 Å². The first kappa shape index (κ1) is 26.6. The highest BCUT2D eigenvalue weighted by Crippen LogP contribution is 2.24. The van der Waals surface area contributed by atoms with E-state index in [9.17, 15) is 13.2 Å². The van der Waals surface area contributed by atoms with E-state index in [1.165, 1.54) is 6.07 Å². The molecular formula is C23H31Cl2N3O3S. The minimum atomic E-state index is -3.64. The minimum absolute atomic E-state index is 0. The van der Waals surface area contributed by atoms with Crippen molar-refractivity contribution in [3.05, 3.63) is 58.1 Å². The van der Waals surface area contributed by atoms with Crippen LogP contribution in [0.4, 0.5) is 5.69 Å². The second-order valence-corrected chi connectivity index (χ2v) is 10.6. The van der Waals surface area contributed by atoms with Gasteiger partial charge < -0.3 is 10.2 Å². The SMILES string of the molecule is Cc1cc(S(=O)(=O)N[C@H](C)C2CCN(C)CC2)ccc1NC(=O)c1ccc(Cl)cc1C.Cl. The van der Waals surface area contributed by atoms with Gasteiger partial charge in [0.15, 0.2) is 0 Å². The molecule has 9 heteroatoms. The summed E-state index contributed by atoms with van der Waals surface area (Å²) in [6.07, 6.45) is 1.96. The standard InChI is InChI=1S/C23H30ClN3O3S.ClH/c1-15-13-19(24)5-7-21(15)23(28)25-22-8-6-20(14-16(22)2)31(29,30)26-17(3)18-9-11-27(4)12-10-18;/h5-8,13-14,17-18,26H,9-12H2,1-4H3,(H,25,28);1H/t17-;/m1./s1. The number of nitrogens with zero attached hydrogens (tertiary/aromatic N) is 1. The van der Waals surface area contributed by atoms with Gasteiger partial charge in [-0.15, -0.1) is 12.4 Å². The number of carbonyl (C=O) groups is 1. The molecule has 1 heterocycles. The Morgan fingerprint density at radius 2 is 1.75 bits per heavy atom. The lowest BCUT2D eigenvalue weighted by Gasteiger charge is -2.32. The summed E-state index contributed by atoms with van der Waals surface area (Å²) in [5.74, 6) is 0.0649. The number of carbonyl (C=O) groups excluding carboxylic acids is 1. The molecule has 0 aromatic heterocycles. The summed E-state index contributed by atoms with van der Waals surface area (Å²) >= 11 is 5.96. The second kappa shape index (κ2) is 11.0. The number of benzene rings is 2. The molecule has 2 aromatic rings. The lowest BCUT2D eigenvalue weighted by Crippen LogP contribution is -2.42. The van der Waals surface area contributed by atoms with Crippen molar-refractivity contribution in [2.24, 2.45) is 5.92 Å². The van der Waals surface area contributed by atoms with Crippen LogP contribution in [0.15, 0.2) is 41.3 Å². The molecule has 0 radical (unpaired) electrons. The topological polar surface area (TPSA) is 78.5 Å². The minimum Gasteiger partial charge on any atom is -0.322 e. The van der Waals surface area contributed by atoms with E-state index in [1.807, 2.05) is 13.8 Å². The van der Waals surface area contributed by atoms with Crippen molar-refractivity contribution in [3.8, 4) is 0 Å². The Hall–Kier alpha value is -1.64. The van der Waals surface area contributed by atoms with Gasteiger partial charge in [0.25, 0.3) is 5.91 Å². The van der Waals surface area contributed by atoms with E-state index in [2.05, 4.69) is 22.0 Å². The second-order valence-electron chi connectivity index (χ2n) is 8.44. The lowest BCUT2D eigenvalue weighted by molar-refractivity contribution is 0.102. The number of hydrogen-bond acceptors (Lipinski definition) is 4. The fourth-order valence-corrected chi connectivity index (χ4v) is 5.58. The molecule has 1 fully saturated rings. The van der Waals surface area contributed by atoms with Gasteiger partial charge in [-0.3, -0.25) is 4.79 Å². The van der Waals surface area contributed by atoms with Crippen LogP contribution >= 0.6 is 24.0 Å². The molecule has 2 N–H and O–H groups in total. The molecule has 0 bridgehead atoms. The summed E-state index contributed by atoms with van der Waals surface area (Å²) in [7, 11) is -1.56. The van der Waals surface area contributed by atoms with Crippen LogP contribution in [-0.4, -0.2) is 45.4 Å². The predicted octanol–water partition coefficient (Wildman–Crippen LogP) is 4.64. The molecule has 3 rings (SSSR count). The largest absolute Gasteiger partial charge is 0.322 e. The Morgan fingerprint density at radius 3 is 2.34 bits per heavy atom. The zero-order chi connectivity index (χ0) is 22.8. The molecule has 0 unspecified atom stereocenters. The van der Waals surface area contributed by atoms with Crippen LogP contribution in [0.1, 0.15) is 41.3 Å². The molecule has 1 amide bonds. The number of rotatable bonds is 6. The molecule has 0 spiro atoms. The van der Waals surface area contributed by atoms with Crippen LogP contribution in [0.5, 0.6) is 0 Å². The average molecular weight is 500 g/mol. The van der Waals surface area contributed by atoms with Crippen LogP contribution in [0.2, 0.25) is 5.02 Å². The number of hydrogen-bond donors (Lipinski definition) is 2. The highest BCUT2D eigenvalue weighted by atomic mass is 35.5. The molecule has 1 atom stereocenters. The maximum atomic E-state index is 12.9. The van der Waals surface area contributed by atoms with Crippen LogP contribution in [0.25, 0.3) is 0 Å². The summed E-state index contributed by atoms with van der Waals surface area (Å²) in [5.41, 5.74) is 2.54. The van der Waals surface area contributed by atoms with Gasteiger partial charge >= 0.3 is 0 Å². The van der Waals surface area contributed by atoms with Gasteiger partial charge in [0.05, 0.1) is 4.90 Å². The van der Waals surface area contributed by atoms with Crippen molar-refractivity contribution in [1.29, 1.82) is 0 Å². The first-order chi connectivity index (χ1) is 14.6. The maximum absolute atomic E-state index is 12.9. The molecule has 2 aromatic carbocycles. The highest BCUT2D eigenvalue weighted by molar-refractivity contribution is 7.89. The van der Waals surface area contributed by atoms with Gasteiger partial charge in [0, 0.05) is 22.3 Å². The summed E-state index contributed by atoms with van der Waals surface area (Å²) in [6.45, 7) is 7.50. The first-order valence-corrected chi connectivity index (χ1v) is 12.3.